The van der Waals surface area contributed by atoms with Crippen LogP contribution >= 0.6 is 0 Å². The zero-order valence-corrected chi connectivity index (χ0v) is 14.7. The quantitative estimate of drug-likeness (QED) is 0.543. The third kappa shape index (κ3) is 6.61. The summed E-state index contributed by atoms with van der Waals surface area (Å²) in [5, 5.41) is 0. The van der Waals surface area contributed by atoms with Crippen molar-refractivity contribution in [3.05, 3.63) is 47.2 Å². The maximum atomic E-state index is 12.2. The van der Waals surface area contributed by atoms with Crippen LogP contribution in [0.2, 0.25) is 0 Å². The van der Waals surface area contributed by atoms with E-state index in [0.717, 1.165) is 17.6 Å². The molecular weight excluding hydrogens is 294 g/mol. The van der Waals surface area contributed by atoms with Crippen molar-refractivity contribution in [3.8, 4) is 0 Å². The topological polar surface area (TPSA) is 46.2 Å². The van der Waals surface area contributed by atoms with Crippen molar-refractivity contribution < 1.29 is 8.42 Å². The lowest BCUT2D eigenvalue weighted by molar-refractivity contribution is 0.584. The number of sulfonamides is 1. The van der Waals surface area contributed by atoms with Gasteiger partial charge in [0.05, 0.1) is 4.90 Å². The van der Waals surface area contributed by atoms with E-state index < -0.39 is 10.0 Å². The van der Waals surface area contributed by atoms with Gasteiger partial charge in [0.2, 0.25) is 10.0 Å². The Kier molecular flexibility index (Phi) is 8.18. The Morgan fingerprint density at radius 2 is 1.95 bits per heavy atom. The molecule has 0 heterocycles. The SMILES string of the molecule is CCCCCCC=C=C(C)CNS(=O)(=O)c1ccccc1C. The molecule has 0 unspecified atom stereocenters. The smallest absolute Gasteiger partial charge is 0.207 e. The van der Waals surface area contributed by atoms with Gasteiger partial charge in [-0.05, 0) is 50.0 Å². The Balaban J connectivity index is 2.54. The molecule has 0 saturated carbocycles. The van der Waals surface area contributed by atoms with Crippen LogP contribution in [0.15, 0.2) is 46.5 Å². The number of rotatable bonds is 9. The minimum atomic E-state index is -3.45. The zero-order chi connectivity index (χ0) is 16.4. The molecule has 0 saturated heterocycles. The van der Waals surface area contributed by atoms with Gasteiger partial charge < -0.3 is 0 Å². The lowest BCUT2D eigenvalue weighted by Gasteiger charge is -2.08. The van der Waals surface area contributed by atoms with Gasteiger partial charge >= 0.3 is 0 Å². The van der Waals surface area contributed by atoms with Crippen LogP contribution in [-0.4, -0.2) is 15.0 Å². The average Bonchev–Trinajstić information content (AvgIpc) is 2.49. The normalized spacial score (nSPS) is 11.0. The van der Waals surface area contributed by atoms with Crippen molar-refractivity contribution in [1.29, 1.82) is 0 Å². The standard InChI is InChI=1S/C18H27NO2S/c1-4-5-6-7-8-9-12-16(2)15-19-22(20,21)18-14-11-10-13-17(18)3/h9-11,13-14,19H,4-8,15H2,1-3H3. The van der Waals surface area contributed by atoms with Crippen molar-refractivity contribution in [1.82, 2.24) is 4.72 Å². The molecule has 0 spiro atoms. The maximum absolute atomic E-state index is 12.2. The molecule has 1 N–H and O–H groups in total. The largest absolute Gasteiger partial charge is 0.241 e. The Hall–Kier alpha value is -1.35. The predicted molar refractivity (Wildman–Crippen MR) is 92.4 cm³/mol. The monoisotopic (exact) mass is 321 g/mol. The fourth-order valence-corrected chi connectivity index (χ4v) is 3.42. The first-order valence-corrected chi connectivity index (χ1v) is 9.41. The molecule has 0 amide bonds. The average molecular weight is 321 g/mol. The van der Waals surface area contributed by atoms with Gasteiger partial charge in [-0.15, -0.1) is 5.73 Å². The number of benzene rings is 1. The minimum Gasteiger partial charge on any atom is -0.207 e. The molecule has 0 atom stereocenters. The molecule has 4 heteroatoms. The van der Waals surface area contributed by atoms with Gasteiger partial charge in [-0.1, -0.05) is 44.4 Å². The summed E-state index contributed by atoms with van der Waals surface area (Å²) in [5.41, 5.74) is 4.81. The Morgan fingerprint density at radius 1 is 1.23 bits per heavy atom. The number of hydrogen-bond donors (Lipinski definition) is 1. The summed E-state index contributed by atoms with van der Waals surface area (Å²) in [6.45, 7) is 6.18. The van der Waals surface area contributed by atoms with Gasteiger partial charge in [0.25, 0.3) is 0 Å². The van der Waals surface area contributed by atoms with Crippen LogP contribution in [0.3, 0.4) is 0 Å². The number of aryl methyl sites for hydroxylation is 1. The van der Waals surface area contributed by atoms with E-state index in [-0.39, 0.29) is 0 Å². The molecule has 0 aliphatic rings. The first kappa shape index (κ1) is 18.7. The van der Waals surface area contributed by atoms with Gasteiger partial charge in [0, 0.05) is 6.54 Å². The highest BCUT2D eigenvalue weighted by Crippen LogP contribution is 2.13. The minimum absolute atomic E-state index is 0.294. The molecule has 1 rings (SSSR count). The highest BCUT2D eigenvalue weighted by Gasteiger charge is 2.15. The van der Waals surface area contributed by atoms with Crippen molar-refractivity contribution in [2.24, 2.45) is 0 Å². The van der Waals surface area contributed by atoms with E-state index in [9.17, 15) is 8.42 Å². The Bertz CT molecular complexity index is 626. The summed E-state index contributed by atoms with van der Waals surface area (Å²) in [7, 11) is -3.45. The molecule has 1 aromatic carbocycles. The van der Waals surface area contributed by atoms with Gasteiger partial charge in [-0.25, -0.2) is 13.1 Å². The van der Waals surface area contributed by atoms with E-state index in [2.05, 4.69) is 17.4 Å². The second-order valence-corrected chi connectivity index (χ2v) is 7.30. The molecular formula is C18H27NO2S. The van der Waals surface area contributed by atoms with E-state index in [1.165, 1.54) is 25.7 Å². The molecule has 0 radical (unpaired) electrons. The van der Waals surface area contributed by atoms with E-state index in [1.54, 1.807) is 25.1 Å². The molecule has 0 aromatic heterocycles. The van der Waals surface area contributed by atoms with Crippen molar-refractivity contribution in [3.63, 3.8) is 0 Å². The highest BCUT2D eigenvalue weighted by molar-refractivity contribution is 7.89. The van der Waals surface area contributed by atoms with E-state index >= 15 is 0 Å². The summed E-state index contributed by atoms with van der Waals surface area (Å²) in [5.74, 6) is 0. The second-order valence-electron chi connectivity index (χ2n) is 5.57. The fourth-order valence-electron chi connectivity index (χ4n) is 2.11. The van der Waals surface area contributed by atoms with Crippen molar-refractivity contribution >= 4 is 10.0 Å². The summed E-state index contributed by atoms with van der Waals surface area (Å²) in [6.07, 6.45) is 7.93. The highest BCUT2D eigenvalue weighted by atomic mass is 32.2. The third-order valence-electron chi connectivity index (χ3n) is 3.46. The molecule has 0 fully saturated rings. The molecule has 3 nitrogen and oxygen atoms in total. The van der Waals surface area contributed by atoms with Gasteiger partial charge in [0.1, 0.15) is 0 Å². The van der Waals surface area contributed by atoms with Crippen LogP contribution in [-0.2, 0) is 10.0 Å². The molecule has 22 heavy (non-hydrogen) atoms. The zero-order valence-electron chi connectivity index (χ0n) is 13.9. The number of nitrogens with one attached hydrogen (secondary N) is 1. The third-order valence-corrected chi connectivity index (χ3v) is 5.02. The van der Waals surface area contributed by atoms with Gasteiger partial charge in [-0.2, -0.15) is 0 Å². The Morgan fingerprint density at radius 3 is 2.64 bits per heavy atom. The second kappa shape index (κ2) is 9.62. The fraction of sp³-hybridized carbons (Fsp3) is 0.500. The molecule has 1 aromatic rings. The van der Waals surface area contributed by atoms with E-state index in [0.29, 0.717) is 11.4 Å². The first-order chi connectivity index (χ1) is 10.5. The Labute approximate surface area is 135 Å². The van der Waals surface area contributed by atoms with Gasteiger partial charge in [-0.3, -0.25) is 0 Å². The van der Waals surface area contributed by atoms with Crippen LogP contribution in [0.1, 0.15) is 51.5 Å². The van der Waals surface area contributed by atoms with Crippen LogP contribution in [0, 0.1) is 6.92 Å². The van der Waals surface area contributed by atoms with Gasteiger partial charge in [0.15, 0.2) is 0 Å². The summed E-state index contributed by atoms with van der Waals surface area (Å²) >= 11 is 0. The maximum Gasteiger partial charge on any atom is 0.241 e. The van der Waals surface area contributed by atoms with Crippen molar-refractivity contribution in [2.45, 2.75) is 57.8 Å². The first-order valence-electron chi connectivity index (χ1n) is 7.93. The van der Waals surface area contributed by atoms with E-state index in [4.69, 9.17) is 0 Å². The van der Waals surface area contributed by atoms with Crippen molar-refractivity contribution in [2.75, 3.05) is 6.54 Å². The van der Waals surface area contributed by atoms with Crippen LogP contribution in [0.25, 0.3) is 0 Å². The predicted octanol–water partition coefficient (Wildman–Crippen LogP) is 4.35. The summed E-state index contributed by atoms with van der Waals surface area (Å²) in [6, 6.07) is 7.00. The lowest BCUT2D eigenvalue weighted by atomic mass is 10.1. The molecule has 0 aliphatic heterocycles. The lowest BCUT2D eigenvalue weighted by Crippen LogP contribution is -2.25. The van der Waals surface area contributed by atoms with E-state index in [1.807, 2.05) is 19.1 Å². The van der Waals surface area contributed by atoms with Crippen LogP contribution in [0.4, 0.5) is 0 Å². The van der Waals surface area contributed by atoms with Crippen LogP contribution < -0.4 is 4.72 Å². The number of hydrogen-bond acceptors (Lipinski definition) is 2. The molecule has 122 valence electrons. The summed E-state index contributed by atoms with van der Waals surface area (Å²) in [4.78, 5) is 0.339. The van der Waals surface area contributed by atoms with Crippen LogP contribution in [0.5, 0.6) is 0 Å². The molecule has 0 aliphatic carbocycles. The molecule has 0 bridgehead atoms. The number of unbranched alkanes of at least 4 members (excludes halogenated alkanes) is 4. The summed E-state index contributed by atoms with van der Waals surface area (Å²) < 4.78 is 27.1.